The van der Waals surface area contributed by atoms with Crippen molar-refractivity contribution in [2.75, 3.05) is 0 Å². The van der Waals surface area contributed by atoms with Gasteiger partial charge in [-0.1, -0.05) is 53.6 Å². The van der Waals surface area contributed by atoms with E-state index in [1.165, 1.54) is 0 Å². The van der Waals surface area contributed by atoms with E-state index < -0.39 is 10.0 Å². The molecule has 0 aliphatic carbocycles. The number of nitrogens with zero attached hydrogens (tertiary/aromatic N) is 1. The Kier molecular flexibility index (Phi) is 5.71. The zero-order chi connectivity index (χ0) is 18.6. The van der Waals surface area contributed by atoms with Gasteiger partial charge in [-0.2, -0.15) is 0 Å². The molecule has 0 radical (unpaired) electrons. The van der Waals surface area contributed by atoms with Gasteiger partial charge in [-0.3, -0.25) is 4.98 Å². The number of benzene rings is 2. The lowest BCUT2D eigenvalue weighted by Crippen LogP contribution is -2.25. The second-order valence-corrected chi connectivity index (χ2v) is 8.33. The van der Waals surface area contributed by atoms with Crippen LogP contribution in [0, 0.1) is 6.92 Å². The molecule has 0 saturated heterocycles. The van der Waals surface area contributed by atoms with E-state index in [9.17, 15) is 8.42 Å². The molecule has 1 N–H and O–H groups in total. The zero-order valence-electron chi connectivity index (χ0n) is 14.3. The third-order valence-electron chi connectivity index (χ3n) is 3.94. The van der Waals surface area contributed by atoms with E-state index in [1.807, 2.05) is 43.3 Å². The lowest BCUT2D eigenvalue weighted by molar-refractivity contribution is 0.580. The second-order valence-electron chi connectivity index (χ2n) is 6.09. The van der Waals surface area contributed by atoms with Crippen LogP contribution >= 0.6 is 11.6 Å². The van der Waals surface area contributed by atoms with Crippen LogP contribution in [0.4, 0.5) is 0 Å². The first-order valence-electron chi connectivity index (χ1n) is 8.16. The van der Waals surface area contributed by atoms with Gasteiger partial charge < -0.3 is 0 Å². The number of sulfonamides is 1. The number of rotatable bonds is 6. The maximum absolute atomic E-state index is 12.4. The van der Waals surface area contributed by atoms with Crippen molar-refractivity contribution >= 4 is 21.6 Å². The molecule has 4 nitrogen and oxygen atoms in total. The zero-order valence-corrected chi connectivity index (χ0v) is 15.9. The van der Waals surface area contributed by atoms with Gasteiger partial charge in [0, 0.05) is 23.3 Å². The fraction of sp³-hybridized carbons (Fsp3) is 0.150. The highest BCUT2D eigenvalue weighted by molar-refractivity contribution is 7.88. The summed E-state index contributed by atoms with van der Waals surface area (Å²) in [6, 6.07) is 18.5. The first kappa shape index (κ1) is 18.6. The summed E-state index contributed by atoms with van der Waals surface area (Å²) in [7, 11) is -3.47. The Bertz CT molecular complexity index is 1000. The Labute approximate surface area is 158 Å². The van der Waals surface area contributed by atoms with Gasteiger partial charge in [0.1, 0.15) is 0 Å². The summed E-state index contributed by atoms with van der Waals surface area (Å²) in [5, 5.41) is 0.581. The summed E-state index contributed by atoms with van der Waals surface area (Å²) in [6.45, 7) is 2.20. The largest absolute Gasteiger partial charge is 0.256 e. The molecule has 0 spiro atoms. The predicted octanol–water partition coefficient (Wildman–Crippen LogP) is 4.33. The van der Waals surface area contributed by atoms with Gasteiger partial charge >= 0.3 is 0 Å². The molecule has 26 heavy (non-hydrogen) atoms. The van der Waals surface area contributed by atoms with Crippen LogP contribution in [-0.2, 0) is 22.3 Å². The molecule has 0 aliphatic heterocycles. The summed E-state index contributed by atoms with van der Waals surface area (Å²) in [5.41, 5.74) is 4.40. The van der Waals surface area contributed by atoms with Crippen LogP contribution in [0.2, 0.25) is 5.02 Å². The minimum absolute atomic E-state index is 0.0930. The lowest BCUT2D eigenvalue weighted by Gasteiger charge is -2.11. The van der Waals surface area contributed by atoms with Crippen LogP contribution in [0.5, 0.6) is 0 Å². The maximum atomic E-state index is 12.4. The first-order valence-corrected chi connectivity index (χ1v) is 10.2. The van der Waals surface area contributed by atoms with Crippen molar-refractivity contribution in [3.63, 3.8) is 0 Å². The standard InChI is InChI=1S/C20H19ClN2O2S/c1-15-4-2-5-17(12-15)20-18(6-3-11-22-20)13-23-26(24,25)14-16-7-9-19(21)10-8-16/h2-12,23H,13-14H2,1H3. The average Bonchev–Trinajstić information content (AvgIpc) is 2.62. The molecule has 6 heteroatoms. The smallest absolute Gasteiger partial charge is 0.216 e. The minimum Gasteiger partial charge on any atom is -0.256 e. The van der Waals surface area contributed by atoms with Crippen molar-refractivity contribution in [2.45, 2.75) is 19.2 Å². The molecule has 1 aromatic heterocycles. The van der Waals surface area contributed by atoms with Crippen molar-refractivity contribution in [1.82, 2.24) is 9.71 Å². The summed E-state index contributed by atoms with van der Waals surface area (Å²) in [4.78, 5) is 4.43. The maximum Gasteiger partial charge on any atom is 0.216 e. The van der Waals surface area contributed by atoms with Crippen LogP contribution in [0.15, 0.2) is 66.9 Å². The van der Waals surface area contributed by atoms with Crippen LogP contribution in [0.3, 0.4) is 0 Å². The molecule has 0 fully saturated rings. The molecule has 3 rings (SSSR count). The Morgan fingerprint density at radius 3 is 2.54 bits per heavy atom. The van der Waals surface area contributed by atoms with Gasteiger partial charge in [-0.15, -0.1) is 0 Å². The Balaban J connectivity index is 1.76. The first-order chi connectivity index (χ1) is 12.4. The van der Waals surface area contributed by atoms with Gasteiger partial charge in [0.25, 0.3) is 0 Å². The van der Waals surface area contributed by atoms with E-state index >= 15 is 0 Å². The van der Waals surface area contributed by atoms with Crippen molar-refractivity contribution < 1.29 is 8.42 Å². The highest BCUT2D eigenvalue weighted by Gasteiger charge is 2.14. The Morgan fingerprint density at radius 2 is 1.81 bits per heavy atom. The summed E-state index contributed by atoms with van der Waals surface area (Å²) in [5.74, 6) is -0.0930. The number of aromatic nitrogens is 1. The molecular weight excluding hydrogens is 368 g/mol. The third kappa shape index (κ3) is 4.91. The van der Waals surface area contributed by atoms with Gasteiger partial charge in [0.15, 0.2) is 0 Å². The number of hydrogen-bond donors (Lipinski definition) is 1. The lowest BCUT2D eigenvalue weighted by atomic mass is 10.0. The van der Waals surface area contributed by atoms with Gasteiger partial charge in [-0.05, 0) is 42.3 Å². The molecule has 0 unspecified atom stereocenters. The Morgan fingerprint density at radius 1 is 1.04 bits per heavy atom. The van der Waals surface area contributed by atoms with Gasteiger partial charge in [0.2, 0.25) is 10.0 Å². The van der Waals surface area contributed by atoms with Gasteiger partial charge in [-0.25, -0.2) is 13.1 Å². The van der Waals surface area contributed by atoms with Crippen molar-refractivity contribution in [2.24, 2.45) is 0 Å². The third-order valence-corrected chi connectivity index (χ3v) is 5.48. The number of halogens is 1. The van der Waals surface area contributed by atoms with Crippen molar-refractivity contribution in [1.29, 1.82) is 0 Å². The molecule has 0 aliphatic rings. The average molecular weight is 387 g/mol. The molecule has 1 heterocycles. The summed E-state index contributed by atoms with van der Waals surface area (Å²) >= 11 is 5.84. The van der Waals surface area contributed by atoms with E-state index in [1.54, 1.807) is 30.5 Å². The highest BCUT2D eigenvalue weighted by atomic mass is 35.5. The van der Waals surface area contributed by atoms with E-state index in [-0.39, 0.29) is 12.3 Å². The molecule has 0 atom stereocenters. The number of aryl methyl sites for hydroxylation is 1. The fourth-order valence-corrected chi connectivity index (χ4v) is 3.91. The number of nitrogens with one attached hydrogen (secondary N) is 1. The normalized spacial score (nSPS) is 11.5. The quantitative estimate of drug-likeness (QED) is 0.685. The van der Waals surface area contributed by atoms with Crippen molar-refractivity contribution in [3.05, 3.63) is 88.6 Å². The molecule has 3 aromatic rings. The predicted molar refractivity (Wildman–Crippen MR) is 105 cm³/mol. The molecular formula is C20H19ClN2O2S. The minimum atomic E-state index is -3.47. The van der Waals surface area contributed by atoms with Crippen LogP contribution in [-0.4, -0.2) is 13.4 Å². The van der Waals surface area contributed by atoms with Crippen LogP contribution in [0.25, 0.3) is 11.3 Å². The van der Waals surface area contributed by atoms with E-state index in [0.29, 0.717) is 10.6 Å². The van der Waals surface area contributed by atoms with Crippen molar-refractivity contribution in [3.8, 4) is 11.3 Å². The summed E-state index contributed by atoms with van der Waals surface area (Å²) in [6.07, 6.45) is 1.71. The molecule has 0 bridgehead atoms. The molecule has 0 amide bonds. The highest BCUT2D eigenvalue weighted by Crippen LogP contribution is 2.22. The van der Waals surface area contributed by atoms with Crippen LogP contribution in [0.1, 0.15) is 16.7 Å². The molecule has 134 valence electrons. The number of pyridine rings is 1. The second kappa shape index (κ2) is 7.99. The topological polar surface area (TPSA) is 59.1 Å². The van der Waals surface area contributed by atoms with E-state index in [4.69, 9.17) is 11.6 Å². The SMILES string of the molecule is Cc1cccc(-c2ncccc2CNS(=O)(=O)Cc2ccc(Cl)cc2)c1. The Hall–Kier alpha value is -2.21. The van der Waals surface area contributed by atoms with Gasteiger partial charge in [0.05, 0.1) is 11.4 Å². The monoisotopic (exact) mass is 386 g/mol. The van der Waals surface area contributed by atoms with Crippen LogP contribution < -0.4 is 4.72 Å². The number of hydrogen-bond acceptors (Lipinski definition) is 3. The summed E-state index contributed by atoms with van der Waals surface area (Å²) < 4.78 is 27.5. The van der Waals surface area contributed by atoms with E-state index in [0.717, 1.165) is 22.4 Å². The van der Waals surface area contributed by atoms with E-state index in [2.05, 4.69) is 9.71 Å². The fourth-order valence-electron chi connectivity index (χ4n) is 2.67. The molecule has 2 aromatic carbocycles. The molecule has 0 saturated carbocycles.